The van der Waals surface area contributed by atoms with E-state index in [-0.39, 0.29) is 22.8 Å². The number of rotatable bonds is 3. The van der Waals surface area contributed by atoms with E-state index in [1.807, 2.05) is 0 Å². The molecule has 1 saturated heterocycles. The monoisotopic (exact) mass is 302 g/mol. The molecule has 0 aliphatic carbocycles. The Morgan fingerprint density at radius 2 is 2.15 bits per heavy atom. The number of carboxylic acids is 1. The van der Waals surface area contributed by atoms with Crippen LogP contribution in [0.25, 0.3) is 0 Å². The summed E-state index contributed by atoms with van der Waals surface area (Å²) in [5.41, 5.74) is 3.93. The molecule has 1 heterocycles. The highest BCUT2D eigenvalue weighted by Crippen LogP contribution is 2.32. The van der Waals surface area contributed by atoms with Crippen LogP contribution in [-0.2, 0) is 9.84 Å². The summed E-state index contributed by atoms with van der Waals surface area (Å²) in [7, 11) is -3.14. The van der Waals surface area contributed by atoms with Crippen LogP contribution in [0.15, 0.2) is 12.1 Å². The third-order valence-electron chi connectivity index (χ3n) is 3.35. The third kappa shape index (κ3) is 2.69. The van der Waals surface area contributed by atoms with Gasteiger partial charge in [0.1, 0.15) is 11.4 Å². The number of sulfone groups is 1. The van der Waals surface area contributed by atoms with Crippen molar-refractivity contribution in [1.29, 1.82) is 0 Å². The zero-order valence-corrected chi connectivity index (χ0v) is 11.6. The summed E-state index contributed by atoms with van der Waals surface area (Å²) in [6.45, 7) is 1.68. The fourth-order valence-electron chi connectivity index (χ4n) is 2.36. The molecule has 0 radical (unpaired) electrons. The number of nitrogens with two attached hydrogens (primary N) is 1. The second-order valence-electron chi connectivity index (χ2n) is 5.22. The Hall–Kier alpha value is -1.83. The lowest BCUT2D eigenvalue weighted by Gasteiger charge is -2.26. The third-order valence-corrected chi connectivity index (χ3v) is 5.25. The second kappa shape index (κ2) is 4.62. The molecule has 20 heavy (non-hydrogen) atoms. The molecule has 1 aromatic rings. The second-order valence-corrected chi connectivity index (χ2v) is 7.40. The molecular weight excluding hydrogens is 287 g/mol. The first-order valence-corrected chi connectivity index (χ1v) is 7.76. The number of hydrogen-bond acceptors (Lipinski definition) is 5. The first kappa shape index (κ1) is 14.6. The lowest BCUT2D eigenvalue weighted by Crippen LogP contribution is -2.36. The van der Waals surface area contributed by atoms with Crippen LogP contribution in [0.3, 0.4) is 0 Å². The van der Waals surface area contributed by atoms with Gasteiger partial charge in [0, 0.05) is 5.54 Å². The fourth-order valence-corrected chi connectivity index (χ4v) is 4.46. The van der Waals surface area contributed by atoms with E-state index in [1.165, 1.54) is 6.07 Å². The molecular formula is C12H15FN2O4S. The molecule has 6 nitrogen and oxygen atoms in total. The Morgan fingerprint density at radius 1 is 1.50 bits per heavy atom. The largest absolute Gasteiger partial charge is 0.478 e. The molecule has 1 aromatic carbocycles. The van der Waals surface area contributed by atoms with Crippen molar-refractivity contribution in [2.24, 2.45) is 0 Å². The maximum atomic E-state index is 13.3. The minimum absolute atomic E-state index is 0.0373. The van der Waals surface area contributed by atoms with E-state index in [0.717, 1.165) is 6.07 Å². The number of halogens is 1. The number of anilines is 2. The van der Waals surface area contributed by atoms with Gasteiger partial charge in [-0.3, -0.25) is 0 Å². The van der Waals surface area contributed by atoms with Gasteiger partial charge in [-0.25, -0.2) is 17.6 Å². The predicted octanol–water partition coefficient (Wildman–Crippen LogP) is 1.10. The summed E-state index contributed by atoms with van der Waals surface area (Å²) in [4.78, 5) is 11.2. The molecule has 2 rings (SSSR count). The zero-order chi connectivity index (χ0) is 15.1. The highest BCUT2D eigenvalue weighted by molar-refractivity contribution is 7.91. The van der Waals surface area contributed by atoms with Gasteiger partial charge in [0.15, 0.2) is 9.84 Å². The van der Waals surface area contributed by atoms with Crippen molar-refractivity contribution >= 4 is 27.2 Å². The van der Waals surface area contributed by atoms with Crippen molar-refractivity contribution in [3.8, 4) is 0 Å². The fraction of sp³-hybridized carbons (Fsp3) is 0.417. The average molecular weight is 302 g/mol. The van der Waals surface area contributed by atoms with E-state index in [4.69, 9.17) is 10.8 Å². The van der Waals surface area contributed by atoms with Crippen molar-refractivity contribution in [3.63, 3.8) is 0 Å². The molecule has 0 bridgehead atoms. The molecule has 0 amide bonds. The first-order valence-electron chi connectivity index (χ1n) is 5.93. The standard InChI is InChI=1S/C12H15FN2O4S/c1-12(4-5-20(18,19)6-12)15-8-3-2-7(13)10(14)9(8)11(16)17/h2-3,15H,4-6,14H2,1H3,(H,16,17). The minimum atomic E-state index is -3.14. The van der Waals surface area contributed by atoms with Crippen LogP contribution in [0.4, 0.5) is 15.8 Å². The molecule has 1 aliphatic heterocycles. The van der Waals surface area contributed by atoms with Gasteiger partial charge in [0.2, 0.25) is 0 Å². The zero-order valence-electron chi connectivity index (χ0n) is 10.8. The Balaban J connectivity index is 2.40. The summed E-state index contributed by atoms with van der Waals surface area (Å²) in [5.74, 6) is -2.25. The summed E-state index contributed by atoms with van der Waals surface area (Å²) in [6, 6.07) is 2.31. The SMILES string of the molecule is CC1(Nc2ccc(F)c(N)c2C(=O)O)CCS(=O)(=O)C1. The van der Waals surface area contributed by atoms with E-state index in [1.54, 1.807) is 6.92 Å². The minimum Gasteiger partial charge on any atom is -0.478 e. The average Bonchev–Trinajstić information content (AvgIpc) is 2.58. The van der Waals surface area contributed by atoms with Crippen molar-refractivity contribution in [2.45, 2.75) is 18.9 Å². The van der Waals surface area contributed by atoms with E-state index >= 15 is 0 Å². The molecule has 1 atom stereocenters. The maximum Gasteiger partial charge on any atom is 0.340 e. The van der Waals surface area contributed by atoms with Crippen LogP contribution in [0.5, 0.6) is 0 Å². The number of carbonyl (C=O) groups is 1. The van der Waals surface area contributed by atoms with Crippen LogP contribution < -0.4 is 11.1 Å². The number of carboxylic acid groups (broad SMARTS) is 1. The Labute approximate surface area is 115 Å². The van der Waals surface area contributed by atoms with E-state index < -0.39 is 32.9 Å². The quantitative estimate of drug-likeness (QED) is 0.721. The van der Waals surface area contributed by atoms with Gasteiger partial charge >= 0.3 is 5.97 Å². The number of nitrogens with one attached hydrogen (secondary N) is 1. The van der Waals surface area contributed by atoms with E-state index in [0.29, 0.717) is 6.42 Å². The van der Waals surface area contributed by atoms with Crippen LogP contribution >= 0.6 is 0 Å². The van der Waals surface area contributed by atoms with Crippen molar-refractivity contribution in [3.05, 3.63) is 23.5 Å². The normalized spacial score (nSPS) is 24.5. The van der Waals surface area contributed by atoms with Gasteiger partial charge in [0.25, 0.3) is 0 Å². The van der Waals surface area contributed by atoms with Gasteiger partial charge in [-0.1, -0.05) is 0 Å². The molecule has 4 N–H and O–H groups in total. The van der Waals surface area contributed by atoms with Crippen LogP contribution in [0, 0.1) is 5.82 Å². The van der Waals surface area contributed by atoms with Gasteiger partial charge in [0.05, 0.1) is 22.9 Å². The van der Waals surface area contributed by atoms with Gasteiger partial charge in [-0.2, -0.15) is 0 Å². The molecule has 0 spiro atoms. The summed E-state index contributed by atoms with van der Waals surface area (Å²) in [5, 5.41) is 12.0. The van der Waals surface area contributed by atoms with E-state index in [9.17, 15) is 17.6 Å². The van der Waals surface area contributed by atoms with Crippen LogP contribution in [0.1, 0.15) is 23.7 Å². The Bertz CT molecular complexity index is 674. The van der Waals surface area contributed by atoms with Crippen molar-refractivity contribution < 1.29 is 22.7 Å². The van der Waals surface area contributed by atoms with E-state index in [2.05, 4.69) is 5.32 Å². The molecule has 0 saturated carbocycles. The lowest BCUT2D eigenvalue weighted by molar-refractivity contribution is 0.0698. The number of nitrogen functional groups attached to an aromatic ring is 1. The Morgan fingerprint density at radius 3 is 2.65 bits per heavy atom. The summed E-state index contributed by atoms with van der Waals surface area (Å²) < 4.78 is 36.4. The number of hydrogen-bond donors (Lipinski definition) is 3. The molecule has 110 valence electrons. The first-order chi connectivity index (χ1) is 9.14. The maximum absolute atomic E-state index is 13.3. The number of aromatic carboxylic acids is 1. The number of benzene rings is 1. The molecule has 1 aliphatic rings. The smallest absolute Gasteiger partial charge is 0.340 e. The topological polar surface area (TPSA) is 109 Å². The van der Waals surface area contributed by atoms with Crippen molar-refractivity contribution in [2.75, 3.05) is 22.6 Å². The summed E-state index contributed by atoms with van der Waals surface area (Å²) >= 11 is 0. The lowest BCUT2D eigenvalue weighted by atomic mass is 10.00. The molecule has 1 unspecified atom stereocenters. The molecule has 8 heteroatoms. The van der Waals surface area contributed by atoms with Gasteiger partial charge < -0.3 is 16.2 Å². The van der Waals surface area contributed by atoms with Crippen LogP contribution in [-0.4, -0.2) is 36.5 Å². The van der Waals surface area contributed by atoms with Crippen LogP contribution in [0.2, 0.25) is 0 Å². The van der Waals surface area contributed by atoms with Gasteiger partial charge in [-0.15, -0.1) is 0 Å². The predicted molar refractivity (Wildman–Crippen MR) is 73.1 cm³/mol. The molecule has 0 aromatic heterocycles. The van der Waals surface area contributed by atoms with Gasteiger partial charge in [-0.05, 0) is 25.5 Å². The highest BCUT2D eigenvalue weighted by atomic mass is 32.2. The molecule has 1 fully saturated rings. The Kier molecular flexibility index (Phi) is 3.37. The van der Waals surface area contributed by atoms with Crippen molar-refractivity contribution in [1.82, 2.24) is 0 Å². The highest BCUT2D eigenvalue weighted by Gasteiger charge is 2.39. The summed E-state index contributed by atoms with van der Waals surface area (Å²) in [6.07, 6.45) is 0.353.